The summed E-state index contributed by atoms with van der Waals surface area (Å²) in [6.45, 7) is 6.11. The maximum atomic E-state index is 9.30. The second-order valence-corrected chi connectivity index (χ2v) is 11.2. The Morgan fingerprint density at radius 3 is 2.67 bits per heavy atom. The van der Waals surface area contributed by atoms with Crippen molar-refractivity contribution in [3.05, 3.63) is 76.6 Å². The molecule has 6 heterocycles. The molecule has 2 unspecified atom stereocenters. The van der Waals surface area contributed by atoms with Gasteiger partial charge in [-0.1, -0.05) is 23.7 Å². The van der Waals surface area contributed by atoms with Crippen LogP contribution >= 0.6 is 11.6 Å². The van der Waals surface area contributed by atoms with Gasteiger partial charge in [-0.2, -0.15) is 5.26 Å². The number of likely N-dealkylation sites (tertiary alicyclic amines) is 1. The summed E-state index contributed by atoms with van der Waals surface area (Å²) in [5.74, 6) is 1.99. The lowest BCUT2D eigenvalue weighted by atomic mass is 9.88. The van der Waals surface area contributed by atoms with E-state index in [-0.39, 0.29) is 6.10 Å². The molecular weight excluding hydrogens is 528 g/mol. The first kappa shape index (κ1) is 25.3. The molecule has 4 aromatic rings. The van der Waals surface area contributed by atoms with Gasteiger partial charge in [0.2, 0.25) is 0 Å². The molecule has 0 amide bonds. The van der Waals surface area contributed by atoms with E-state index in [1.807, 2.05) is 25.1 Å². The van der Waals surface area contributed by atoms with Gasteiger partial charge in [0.15, 0.2) is 11.5 Å². The van der Waals surface area contributed by atoms with E-state index in [2.05, 4.69) is 31.6 Å². The van der Waals surface area contributed by atoms with E-state index < -0.39 is 5.79 Å². The number of ether oxygens (including phenoxy) is 3. The zero-order chi connectivity index (χ0) is 27.3. The minimum atomic E-state index is -0.944. The topological polar surface area (TPSA) is 98.3 Å². The third-order valence-electron chi connectivity index (χ3n) is 8.26. The van der Waals surface area contributed by atoms with Crippen LogP contribution in [0.2, 0.25) is 5.15 Å². The minimum Gasteiger partial charge on any atom is -0.444 e. The lowest BCUT2D eigenvalue weighted by molar-refractivity contribution is -0.0687. The number of piperidine rings is 1. The molecule has 10 heteroatoms. The predicted octanol–water partition coefficient (Wildman–Crippen LogP) is 5.16. The number of pyridine rings is 2. The predicted molar refractivity (Wildman–Crippen MR) is 148 cm³/mol. The number of nitrogens with zero attached hydrogens (tertiary/aromatic N) is 6. The van der Waals surface area contributed by atoms with Gasteiger partial charge in [0, 0.05) is 31.4 Å². The lowest BCUT2D eigenvalue weighted by Crippen LogP contribution is -2.35. The molecule has 2 atom stereocenters. The SMILES string of the molecule is CC1(c2ccc(Cl)nc2)Oc2cccc(C3CCN(Cc4nc5cc(C#N)ncc5n4CC4CCO4)CC3)c2O1. The summed E-state index contributed by atoms with van der Waals surface area (Å²) in [6.07, 6.45) is 6.73. The smallest absolute Gasteiger partial charge is 0.277 e. The lowest BCUT2D eigenvalue weighted by Gasteiger charge is -2.33. The number of aromatic nitrogens is 4. The van der Waals surface area contributed by atoms with E-state index in [1.165, 1.54) is 5.56 Å². The summed E-state index contributed by atoms with van der Waals surface area (Å²) < 4.78 is 20.7. The minimum absolute atomic E-state index is 0.203. The number of rotatable bonds is 6. The van der Waals surface area contributed by atoms with Gasteiger partial charge >= 0.3 is 0 Å². The largest absolute Gasteiger partial charge is 0.444 e. The number of benzene rings is 1. The Morgan fingerprint density at radius 2 is 1.95 bits per heavy atom. The third-order valence-corrected chi connectivity index (χ3v) is 8.49. The monoisotopic (exact) mass is 556 g/mol. The Labute approximate surface area is 237 Å². The first-order chi connectivity index (χ1) is 19.5. The molecule has 3 aliphatic rings. The Kier molecular flexibility index (Phi) is 6.34. The van der Waals surface area contributed by atoms with Crippen LogP contribution in [0.4, 0.5) is 0 Å². The van der Waals surface area contributed by atoms with E-state index >= 15 is 0 Å². The maximum absolute atomic E-state index is 9.30. The standard InChI is InChI=1S/C30H29ClN6O3/c1-30(20-5-6-27(31)34-15-20)39-26-4-2-3-23(29(26)40-30)19-7-10-36(11-8-19)18-28-35-24-13-21(14-32)33-16-25(24)37(28)17-22-9-12-38-22/h2-6,13,15-16,19,22H,7-12,17-18H2,1H3. The van der Waals surface area contributed by atoms with Crippen molar-refractivity contribution in [2.24, 2.45) is 0 Å². The highest BCUT2D eigenvalue weighted by atomic mass is 35.5. The Bertz CT molecular complexity index is 1600. The van der Waals surface area contributed by atoms with E-state index in [0.29, 0.717) is 16.8 Å². The van der Waals surface area contributed by atoms with Crippen LogP contribution in [0.5, 0.6) is 11.5 Å². The summed E-state index contributed by atoms with van der Waals surface area (Å²) in [6, 6.07) is 13.7. The zero-order valence-electron chi connectivity index (χ0n) is 22.2. The molecule has 7 rings (SSSR count). The number of fused-ring (bicyclic) bond motifs is 2. The maximum Gasteiger partial charge on any atom is 0.277 e. The van der Waals surface area contributed by atoms with Crippen molar-refractivity contribution in [1.82, 2.24) is 24.4 Å². The first-order valence-electron chi connectivity index (χ1n) is 13.7. The third kappa shape index (κ3) is 4.56. The van der Waals surface area contributed by atoms with Crippen molar-refractivity contribution in [2.45, 2.75) is 57.1 Å². The van der Waals surface area contributed by atoms with Gasteiger partial charge in [0.1, 0.15) is 22.7 Å². The molecule has 3 aromatic heterocycles. The Morgan fingerprint density at radius 1 is 1.10 bits per heavy atom. The van der Waals surface area contributed by atoms with E-state index in [4.69, 9.17) is 30.8 Å². The van der Waals surface area contributed by atoms with Crippen LogP contribution in [0.3, 0.4) is 0 Å². The quantitative estimate of drug-likeness (QED) is 0.300. The molecule has 2 fully saturated rings. The average molecular weight is 557 g/mol. The first-order valence-corrected chi connectivity index (χ1v) is 14.1. The highest BCUT2D eigenvalue weighted by molar-refractivity contribution is 6.29. The molecule has 2 saturated heterocycles. The molecular formula is C30H29ClN6O3. The molecule has 1 aromatic carbocycles. The van der Waals surface area contributed by atoms with Crippen LogP contribution in [0.25, 0.3) is 11.0 Å². The second kappa shape index (κ2) is 10.0. The molecule has 3 aliphatic heterocycles. The summed E-state index contributed by atoms with van der Waals surface area (Å²) in [5.41, 5.74) is 4.16. The summed E-state index contributed by atoms with van der Waals surface area (Å²) in [4.78, 5) is 15.9. The molecule has 0 N–H and O–H groups in total. The fourth-order valence-corrected chi connectivity index (χ4v) is 6.04. The Hall–Kier alpha value is -3.71. The van der Waals surface area contributed by atoms with E-state index in [9.17, 15) is 5.26 Å². The number of hydrogen-bond donors (Lipinski definition) is 0. The summed E-state index contributed by atoms with van der Waals surface area (Å²) >= 11 is 5.99. The van der Waals surface area contributed by atoms with Gasteiger partial charge in [0.25, 0.3) is 5.79 Å². The van der Waals surface area contributed by atoms with Gasteiger partial charge in [0.05, 0.1) is 42.0 Å². The van der Waals surface area contributed by atoms with Crippen LogP contribution in [0.15, 0.2) is 48.8 Å². The average Bonchev–Trinajstić information content (AvgIpc) is 3.47. The van der Waals surface area contributed by atoms with Gasteiger partial charge in [-0.05, 0) is 56.5 Å². The van der Waals surface area contributed by atoms with Crippen molar-refractivity contribution >= 4 is 22.6 Å². The normalized spacial score (nSPS) is 22.8. The van der Waals surface area contributed by atoms with Gasteiger partial charge in [-0.3, -0.25) is 4.90 Å². The van der Waals surface area contributed by atoms with Crippen molar-refractivity contribution in [2.75, 3.05) is 19.7 Å². The highest BCUT2D eigenvalue weighted by Gasteiger charge is 2.41. The van der Waals surface area contributed by atoms with Gasteiger partial charge in [-0.15, -0.1) is 0 Å². The van der Waals surface area contributed by atoms with Crippen molar-refractivity contribution in [1.29, 1.82) is 5.26 Å². The fourth-order valence-electron chi connectivity index (χ4n) is 5.92. The van der Waals surface area contributed by atoms with Crippen molar-refractivity contribution in [3.8, 4) is 17.6 Å². The number of para-hydroxylation sites is 1. The van der Waals surface area contributed by atoms with Gasteiger partial charge < -0.3 is 18.8 Å². The molecule has 0 spiro atoms. The van der Waals surface area contributed by atoms with Gasteiger partial charge in [-0.25, -0.2) is 15.0 Å². The second-order valence-electron chi connectivity index (χ2n) is 10.8. The van der Waals surface area contributed by atoms with Crippen LogP contribution in [0.1, 0.15) is 54.7 Å². The molecule has 0 bridgehead atoms. The molecule has 0 radical (unpaired) electrons. The Balaban J connectivity index is 1.07. The van der Waals surface area contributed by atoms with Crippen LogP contribution in [-0.2, 0) is 23.6 Å². The molecule has 40 heavy (non-hydrogen) atoms. The molecule has 0 saturated carbocycles. The van der Waals surface area contributed by atoms with Crippen LogP contribution in [0, 0.1) is 11.3 Å². The molecule has 9 nitrogen and oxygen atoms in total. The zero-order valence-corrected chi connectivity index (χ0v) is 23.0. The number of imidazole rings is 1. The summed E-state index contributed by atoms with van der Waals surface area (Å²) in [5, 5.41) is 9.74. The highest BCUT2D eigenvalue weighted by Crippen LogP contribution is 2.49. The van der Waals surface area contributed by atoms with Crippen molar-refractivity contribution < 1.29 is 14.2 Å². The number of nitriles is 1. The van der Waals surface area contributed by atoms with Crippen LogP contribution < -0.4 is 9.47 Å². The molecule has 204 valence electrons. The fraction of sp³-hybridized carbons (Fsp3) is 0.400. The molecule has 0 aliphatic carbocycles. The number of halogens is 1. The van der Waals surface area contributed by atoms with E-state index in [0.717, 1.165) is 86.0 Å². The van der Waals surface area contributed by atoms with Crippen molar-refractivity contribution in [3.63, 3.8) is 0 Å². The van der Waals surface area contributed by atoms with Crippen LogP contribution in [-0.4, -0.2) is 50.2 Å². The summed E-state index contributed by atoms with van der Waals surface area (Å²) in [7, 11) is 0. The number of hydrogen-bond acceptors (Lipinski definition) is 8. The van der Waals surface area contributed by atoms with E-state index in [1.54, 1.807) is 24.5 Å².